The number of aliphatic hydroxyl groups is 2. The molecule has 2 N–H and O–H groups in total. The average molecular weight is 404 g/mol. The maximum absolute atomic E-state index is 12.2. The van der Waals surface area contributed by atoms with Crippen molar-refractivity contribution < 1.29 is 29.0 Å². The van der Waals surface area contributed by atoms with Gasteiger partial charge in [-0.2, -0.15) is 5.06 Å². The van der Waals surface area contributed by atoms with E-state index < -0.39 is 26.1 Å². The summed E-state index contributed by atoms with van der Waals surface area (Å²) in [5, 5.41) is 21.5. The normalized spacial score (nSPS) is 21.7. The molecule has 1 amide bonds. The Morgan fingerprint density at radius 1 is 1.26 bits per heavy atom. The molecule has 7 nitrogen and oxygen atoms in total. The second-order valence-corrected chi connectivity index (χ2v) is 14.3. The molecule has 1 saturated heterocycles. The summed E-state index contributed by atoms with van der Waals surface area (Å²) < 4.78 is 11.5. The van der Waals surface area contributed by atoms with Crippen LogP contribution in [0.25, 0.3) is 0 Å². The highest BCUT2D eigenvalue weighted by Crippen LogP contribution is 2.37. The number of aliphatic hydroxyl groups excluding tert-OH is 2. The maximum atomic E-state index is 12.2. The molecule has 1 aliphatic rings. The zero-order valence-electron chi connectivity index (χ0n) is 18.1. The van der Waals surface area contributed by atoms with Gasteiger partial charge in [-0.3, -0.25) is 4.84 Å². The summed E-state index contributed by atoms with van der Waals surface area (Å²) in [5.74, 6) is 0. The minimum atomic E-state index is -1.99. The molecule has 1 atom stereocenters. The number of ether oxygens (including phenoxy) is 1. The van der Waals surface area contributed by atoms with Gasteiger partial charge in [-0.05, 0) is 56.5 Å². The second kappa shape index (κ2) is 9.04. The minimum Gasteiger partial charge on any atom is -0.442 e. The lowest BCUT2D eigenvalue weighted by Crippen LogP contribution is -2.41. The van der Waals surface area contributed by atoms with Gasteiger partial charge in [0.2, 0.25) is 0 Å². The molecule has 0 spiro atoms. The van der Waals surface area contributed by atoms with Gasteiger partial charge in [0.15, 0.2) is 8.32 Å². The summed E-state index contributed by atoms with van der Waals surface area (Å²) in [4.78, 5) is 17.8. The molecule has 27 heavy (non-hydrogen) atoms. The smallest absolute Gasteiger partial charge is 0.434 e. The molecular formula is C19H37NO6Si. The van der Waals surface area contributed by atoms with Crippen LogP contribution in [0.4, 0.5) is 4.79 Å². The van der Waals surface area contributed by atoms with Crippen molar-refractivity contribution in [3.8, 4) is 0 Å². The van der Waals surface area contributed by atoms with Crippen molar-refractivity contribution in [2.75, 3.05) is 26.4 Å². The lowest BCUT2D eigenvalue weighted by molar-refractivity contribution is -0.135. The fourth-order valence-electron chi connectivity index (χ4n) is 2.24. The van der Waals surface area contributed by atoms with Crippen LogP contribution in [0.1, 0.15) is 48.0 Å². The largest absolute Gasteiger partial charge is 0.442 e. The topological polar surface area (TPSA) is 88.5 Å². The Morgan fingerprint density at radius 2 is 1.85 bits per heavy atom. The Kier molecular flexibility index (Phi) is 8.07. The molecular weight excluding hydrogens is 366 g/mol. The molecule has 1 aliphatic heterocycles. The predicted molar refractivity (Wildman–Crippen MR) is 107 cm³/mol. The molecule has 0 aromatic heterocycles. The summed E-state index contributed by atoms with van der Waals surface area (Å²) in [6.45, 7) is 16.3. The van der Waals surface area contributed by atoms with Gasteiger partial charge < -0.3 is 19.4 Å². The summed E-state index contributed by atoms with van der Waals surface area (Å²) in [6, 6.07) is 0. The Hall–Kier alpha value is -0.933. The summed E-state index contributed by atoms with van der Waals surface area (Å²) in [5.41, 5.74) is 0.553. The quantitative estimate of drug-likeness (QED) is 0.553. The third-order valence-electron chi connectivity index (χ3n) is 5.04. The van der Waals surface area contributed by atoms with Gasteiger partial charge in [-0.1, -0.05) is 20.8 Å². The molecule has 0 aromatic rings. The standard InChI is InChI=1S/C19H37NO6Si/c1-18(2,3)26-17(23)20-10-9-16(22)15(13-24-20)14(11-21)12-25-27(7,8)19(4,5)6/h16,21-22H,9-13H2,1-8H3/b15-14+. The number of amides is 1. The first-order valence-corrected chi connectivity index (χ1v) is 12.4. The SMILES string of the molecule is CC(C)(C)OC(=O)N1CCC(O)/C(=C(\CO)CO[Si](C)(C)C(C)(C)C)CO1. The van der Waals surface area contributed by atoms with Crippen LogP contribution in [0.5, 0.6) is 0 Å². The third-order valence-corrected chi connectivity index (χ3v) is 9.52. The van der Waals surface area contributed by atoms with Crippen molar-refractivity contribution >= 4 is 14.4 Å². The maximum Gasteiger partial charge on any atom is 0.434 e. The van der Waals surface area contributed by atoms with Crippen LogP contribution in [0.15, 0.2) is 11.1 Å². The lowest BCUT2D eigenvalue weighted by atomic mass is 10.0. The van der Waals surface area contributed by atoms with Crippen molar-refractivity contribution in [2.24, 2.45) is 0 Å². The molecule has 1 rings (SSSR count). The van der Waals surface area contributed by atoms with Crippen molar-refractivity contribution in [2.45, 2.75) is 77.8 Å². The summed E-state index contributed by atoms with van der Waals surface area (Å²) >= 11 is 0. The van der Waals surface area contributed by atoms with E-state index in [1.165, 1.54) is 0 Å². The van der Waals surface area contributed by atoms with Crippen molar-refractivity contribution in [3.63, 3.8) is 0 Å². The van der Waals surface area contributed by atoms with E-state index in [0.29, 0.717) is 17.6 Å². The highest BCUT2D eigenvalue weighted by Gasteiger charge is 2.37. The Bertz CT molecular complexity index is 547. The second-order valence-electron chi connectivity index (χ2n) is 9.50. The van der Waals surface area contributed by atoms with Gasteiger partial charge in [0.25, 0.3) is 0 Å². The van der Waals surface area contributed by atoms with Crippen molar-refractivity contribution in [1.82, 2.24) is 5.06 Å². The predicted octanol–water partition coefficient (Wildman–Crippen LogP) is 3.23. The van der Waals surface area contributed by atoms with Gasteiger partial charge in [-0.15, -0.1) is 0 Å². The Morgan fingerprint density at radius 3 is 2.33 bits per heavy atom. The number of rotatable bonds is 4. The van der Waals surface area contributed by atoms with E-state index in [-0.39, 0.29) is 31.4 Å². The van der Waals surface area contributed by atoms with E-state index in [0.717, 1.165) is 5.06 Å². The third kappa shape index (κ3) is 7.19. The Labute approximate surface area is 164 Å². The van der Waals surface area contributed by atoms with Gasteiger partial charge >= 0.3 is 6.09 Å². The monoisotopic (exact) mass is 403 g/mol. The van der Waals surface area contributed by atoms with Crippen LogP contribution in [0.3, 0.4) is 0 Å². The van der Waals surface area contributed by atoms with Crippen LogP contribution in [0, 0.1) is 0 Å². The fraction of sp³-hybridized carbons (Fsp3) is 0.842. The number of hydroxylamine groups is 2. The van der Waals surface area contributed by atoms with E-state index in [4.69, 9.17) is 14.0 Å². The number of hydrogen-bond donors (Lipinski definition) is 2. The summed E-state index contributed by atoms with van der Waals surface area (Å²) in [7, 11) is -1.99. The van der Waals surface area contributed by atoms with E-state index in [2.05, 4.69) is 33.9 Å². The van der Waals surface area contributed by atoms with Gasteiger partial charge in [0.1, 0.15) is 5.60 Å². The Balaban J connectivity index is 2.88. The molecule has 1 heterocycles. The molecule has 0 aliphatic carbocycles. The van der Waals surface area contributed by atoms with Gasteiger partial charge in [0, 0.05) is 0 Å². The zero-order valence-corrected chi connectivity index (χ0v) is 19.1. The highest BCUT2D eigenvalue weighted by molar-refractivity contribution is 6.74. The van der Waals surface area contributed by atoms with Crippen LogP contribution in [-0.2, 0) is 14.0 Å². The number of carbonyl (C=O) groups excluding carboxylic acids is 1. The van der Waals surface area contributed by atoms with E-state index in [1.807, 2.05) is 0 Å². The zero-order chi connectivity index (χ0) is 21.0. The van der Waals surface area contributed by atoms with Crippen LogP contribution < -0.4 is 0 Å². The summed E-state index contributed by atoms with van der Waals surface area (Å²) in [6.07, 6.45) is -1.08. The molecule has 0 radical (unpaired) electrons. The first-order valence-electron chi connectivity index (χ1n) is 9.45. The first-order chi connectivity index (χ1) is 12.2. The van der Waals surface area contributed by atoms with Crippen LogP contribution in [-0.4, -0.2) is 67.8 Å². The van der Waals surface area contributed by atoms with Crippen LogP contribution >= 0.6 is 0 Å². The molecule has 0 saturated carbocycles. The van der Waals surface area contributed by atoms with Crippen LogP contribution in [0.2, 0.25) is 18.1 Å². The fourth-order valence-corrected chi connectivity index (χ4v) is 3.21. The molecule has 8 heteroatoms. The minimum absolute atomic E-state index is 0.0111. The first kappa shape index (κ1) is 24.1. The highest BCUT2D eigenvalue weighted by atomic mass is 28.4. The molecule has 0 bridgehead atoms. The van der Waals surface area contributed by atoms with Crippen molar-refractivity contribution in [3.05, 3.63) is 11.1 Å². The van der Waals surface area contributed by atoms with Crippen molar-refractivity contribution in [1.29, 1.82) is 0 Å². The van der Waals surface area contributed by atoms with E-state index in [9.17, 15) is 15.0 Å². The molecule has 0 aromatic carbocycles. The molecule has 158 valence electrons. The number of carbonyl (C=O) groups is 1. The number of hydrogen-bond acceptors (Lipinski definition) is 6. The molecule has 1 fully saturated rings. The van der Waals surface area contributed by atoms with E-state index in [1.54, 1.807) is 20.8 Å². The number of nitrogens with zero attached hydrogens (tertiary/aromatic N) is 1. The van der Waals surface area contributed by atoms with Gasteiger partial charge in [-0.25, -0.2) is 4.79 Å². The van der Waals surface area contributed by atoms with E-state index >= 15 is 0 Å². The average Bonchev–Trinajstić information content (AvgIpc) is 2.68. The van der Waals surface area contributed by atoms with Gasteiger partial charge in [0.05, 0.1) is 32.5 Å². The lowest BCUT2D eigenvalue weighted by Gasteiger charge is -2.36. The molecule has 1 unspecified atom stereocenters.